The molecule has 7 heteroatoms. The quantitative estimate of drug-likeness (QED) is 0.689. The van der Waals surface area contributed by atoms with Crippen LogP contribution in [0.25, 0.3) is 0 Å². The zero-order valence-electron chi connectivity index (χ0n) is 12.0. The molecule has 0 aromatic heterocycles. The molecule has 3 atom stereocenters. The van der Waals surface area contributed by atoms with Crippen molar-refractivity contribution < 1.29 is 19.5 Å². The number of aliphatic carboxylic acids is 1. The van der Waals surface area contributed by atoms with Crippen molar-refractivity contribution in [1.29, 1.82) is 0 Å². The molecule has 0 aromatic rings. The number of amides is 3. The molecular weight excluding hydrogens is 262 g/mol. The molecule has 114 valence electrons. The lowest BCUT2D eigenvalue weighted by Crippen LogP contribution is -2.55. The lowest BCUT2D eigenvalue weighted by molar-refractivity contribution is -0.139. The minimum absolute atomic E-state index is 0.00695. The van der Waals surface area contributed by atoms with Crippen LogP contribution in [0.15, 0.2) is 0 Å². The van der Waals surface area contributed by atoms with Crippen LogP contribution in [0.4, 0.5) is 4.79 Å². The van der Waals surface area contributed by atoms with Crippen molar-refractivity contribution in [3.8, 4) is 0 Å². The molecule has 0 radical (unpaired) electrons. The van der Waals surface area contributed by atoms with Gasteiger partial charge in [-0.1, -0.05) is 0 Å². The van der Waals surface area contributed by atoms with E-state index in [2.05, 4.69) is 5.32 Å². The number of primary amides is 1. The Morgan fingerprint density at radius 2 is 1.85 bits per heavy atom. The fraction of sp³-hybridized carbons (Fsp3) is 0.769. The number of hydrogen-bond donors (Lipinski definition) is 3. The summed E-state index contributed by atoms with van der Waals surface area (Å²) in [6, 6.07) is -1.30. The number of nitrogens with one attached hydrogen (secondary N) is 1. The van der Waals surface area contributed by atoms with Crippen LogP contribution in [0.2, 0.25) is 0 Å². The largest absolute Gasteiger partial charge is 0.480 e. The van der Waals surface area contributed by atoms with Crippen LogP contribution in [0.1, 0.15) is 46.0 Å². The van der Waals surface area contributed by atoms with Gasteiger partial charge in [-0.2, -0.15) is 0 Å². The highest BCUT2D eigenvalue weighted by Gasteiger charge is 2.31. The normalized spacial score (nSPS) is 24.0. The van der Waals surface area contributed by atoms with Crippen molar-refractivity contribution in [1.82, 2.24) is 10.2 Å². The van der Waals surface area contributed by atoms with E-state index < -0.39 is 17.9 Å². The lowest BCUT2D eigenvalue weighted by Gasteiger charge is -2.39. The predicted octanol–water partition coefficient (Wildman–Crippen LogP) is 0.678. The van der Waals surface area contributed by atoms with Gasteiger partial charge in [-0.15, -0.1) is 0 Å². The van der Waals surface area contributed by atoms with Gasteiger partial charge in [-0.05, 0) is 39.5 Å². The van der Waals surface area contributed by atoms with Gasteiger partial charge in [0.2, 0.25) is 5.91 Å². The summed E-state index contributed by atoms with van der Waals surface area (Å²) in [6.07, 6.45) is 2.83. The van der Waals surface area contributed by atoms with Crippen molar-refractivity contribution in [2.45, 2.75) is 64.1 Å². The Balaban J connectivity index is 2.64. The molecule has 1 aliphatic heterocycles. The molecule has 1 aliphatic rings. The van der Waals surface area contributed by atoms with Gasteiger partial charge in [0.1, 0.15) is 6.04 Å². The fourth-order valence-corrected chi connectivity index (χ4v) is 2.59. The molecule has 1 heterocycles. The van der Waals surface area contributed by atoms with Gasteiger partial charge >= 0.3 is 12.0 Å². The second kappa shape index (κ2) is 7.12. The van der Waals surface area contributed by atoms with Crippen molar-refractivity contribution >= 4 is 17.9 Å². The Hall–Kier alpha value is -1.79. The number of carbonyl (C=O) groups excluding carboxylic acids is 2. The van der Waals surface area contributed by atoms with E-state index in [1.165, 1.54) is 0 Å². The van der Waals surface area contributed by atoms with Gasteiger partial charge in [0.05, 0.1) is 0 Å². The Labute approximate surface area is 118 Å². The van der Waals surface area contributed by atoms with Crippen molar-refractivity contribution in [2.24, 2.45) is 5.73 Å². The molecule has 1 fully saturated rings. The molecule has 0 bridgehead atoms. The van der Waals surface area contributed by atoms with Gasteiger partial charge in [0.15, 0.2) is 0 Å². The van der Waals surface area contributed by atoms with Crippen LogP contribution in [0.5, 0.6) is 0 Å². The number of piperidine rings is 1. The number of nitrogens with zero attached hydrogens (tertiary/aromatic N) is 1. The molecular formula is C13H23N3O4. The summed E-state index contributed by atoms with van der Waals surface area (Å²) in [5.74, 6) is -1.73. The average molecular weight is 285 g/mol. The minimum Gasteiger partial charge on any atom is -0.480 e. The van der Waals surface area contributed by atoms with E-state index >= 15 is 0 Å². The van der Waals surface area contributed by atoms with Crippen LogP contribution >= 0.6 is 0 Å². The number of carbonyl (C=O) groups is 3. The summed E-state index contributed by atoms with van der Waals surface area (Å²) in [4.78, 5) is 35.7. The summed E-state index contributed by atoms with van der Waals surface area (Å²) >= 11 is 0. The number of rotatable bonds is 5. The molecule has 20 heavy (non-hydrogen) atoms. The van der Waals surface area contributed by atoms with E-state index in [0.717, 1.165) is 19.3 Å². The first-order valence-corrected chi connectivity index (χ1v) is 6.93. The second-order valence-corrected chi connectivity index (χ2v) is 5.38. The molecule has 0 aliphatic carbocycles. The molecule has 3 amide bonds. The predicted molar refractivity (Wildman–Crippen MR) is 73.0 cm³/mol. The number of nitrogens with two attached hydrogens (primary N) is 1. The van der Waals surface area contributed by atoms with Gasteiger partial charge in [0.25, 0.3) is 0 Å². The third-order valence-electron chi connectivity index (χ3n) is 3.70. The second-order valence-electron chi connectivity index (χ2n) is 5.38. The Kier molecular flexibility index (Phi) is 5.79. The molecule has 1 saturated heterocycles. The third kappa shape index (κ3) is 4.40. The highest BCUT2D eigenvalue weighted by molar-refractivity contribution is 5.83. The van der Waals surface area contributed by atoms with Gasteiger partial charge in [-0.25, -0.2) is 9.59 Å². The standard InChI is InChI=1S/C13H23N3O4/c1-8-4-3-5-9(2)16(8)13(20)15-10(12(18)19)6-7-11(14)17/h8-10H,3-7H2,1-2H3,(H2,14,17)(H,15,20)(H,18,19)/t8-,9+,10?. The number of carboxylic acids is 1. The Morgan fingerprint density at radius 3 is 2.30 bits per heavy atom. The summed E-state index contributed by atoms with van der Waals surface area (Å²) in [5, 5.41) is 11.6. The van der Waals surface area contributed by atoms with E-state index in [4.69, 9.17) is 10.8 Å². The lowest BCUT2D eigenvalue weighted by atomic mass is 9.98. The van der Waals surface area contributed by atoms with Gasteiger partial charge < -0.3 is 21.1 Å². The van der Waals surface area contributed by atoms with Crippen molar-refractivity contribution in [2.75, 3.05) is 0 Å². The van der Waals surface area contributed by atoms with Crippen molar-refractivity contribution in [3.63, 3.8) is 0 Å². The maximum absolute atomic E-state index is 12.2. The van der Waals surface area contributed by atoms with Crippen LogP contribution in [-0.4, -0.2) is 46.0 Å². The van der Waals surface area contributed by atoms with Gasteiger partial charge in [-0.3, -0.25) is 4.79 Å². The number of carboxylic acid groups (broad SMARTS) is 1. The average Bonchev–Trinajstić information content (AvgIpc) is 2.33. The highest BCUT2D eigenvalue weighted by atomic mass is 16.4. The summed E-state index contributed by atoms with van der Waals surface area (Å²) in [7, 11) is 0. The number of likely N-dealkylation sites (tertiary alicyclic amines) is 1. The summed E-state index contributed by atoms with van der Waals surface area (Å²) in [6.45, 7) is 3.91. The summed E-state index contributed by atoms with van der Waals surface area (Å²) < 4.78 is 0. The first-order chi connectivity index (χ1) is 9.32. The van der Waals surface area contributed by atoms with E-state index in [-0.39, 0.29) is 31.0 Å². The molecule has 7 nitrogen and oxygen atoms in total. The van der Waals surface area contributed by atoms with E-state index in [9.17, 15) is 14.4 Å². The molecule has 1 rings (SSSR count). The monoisotopic (exact) mass is 285 g/mol. The third-order valence-corrected chi connectivity index (χ3v) is 3.70. The maximum atomic E-state index is 12.2. The number of urea groups is 1. The first-order valence-electron chi connectivity index (χ1n) is 6.93. The Bertz CT molecular complexity index is 376. The summed E-state index contributed by atoms with van der Waals surface area (Å²) in [5.41, 5.74) is 5.00. The molecule has 4 N–H and O–H groups in total. The molecule has 1 unspecified atom stereocenters. The molecule has 0 saturated carbocycles. The van der Waals surface area contributed by atoms with Gasteiger partial charge in [0, 0.05) is 18.5 Å². The topological polar surface area (TPSA) is 113 Å². The fourth-order valence-electron chi connectivity index (χ4n) is 2.59. The van der Waals surface area contributed by atoms with Crippen molar-refractivity contribution in [3.05, 3.63) is 0 Å². The molecule has 0 aromatic carbocycles. The van der Waals surface area contributed by atoms with Crippen LogP contribution in [-0.2, 0) is 9.59 Å². The smallest absolute Gasteiger partial charge is 0.326 e. The van der Waals surface area contributed by atoms with Crippen LogP contribution in [0, 0.1) is 0 Å². The van der Waals surface area contributed by atoms with E-state index in [1.807, 2.05) is 13.8 Å². The molecule has 0 spiro atoms. The minimum atomic E-state index is -1.16. The van der Waals surface area contributed by atoms with E-state index in [0.29, 0.717) is 0 Å². The van der Waals surface area contributed by atoms with Crippen LogP contribution < -0.4 is 11.1 Å². The number of hydrogen-bond acceptors (Lipinski definition) is 3. The zero-order valence-corrected chi connectivity index (χ0v) is 12.0. The SMILES string of the molecule is C[C@@H]1CCC[C@H](C)N1C(=O)NC(CCC(N)=O)C(=O)O. The Morgan fingerprint density at radius 1 is 1.30 bits per heavy atom. The zero-order chi connectivity index (χ0) is 15.3. The first kappa shape index (κ1) is 16.3. The van der Waals surface area contributed by atoms with E-state index in [1.54, 1.807) is 4.90 Å². The highest BCUT2D eigenvalue weighted by Crippen LogP contribution is 2.22. The maximum Gasteiger partial charge on any atom is 0.326 e. The van der Waals surface area contributed by atoms with Crippen LogP contribution in [0.3, 0.4) is 0 Å².